The Morgan fingerprint density at radius 2 is 1.43 bits per heavy atom. The molecule has 4 unspecified atom stereocenters. The monoisotopic (exact) mass is 518 g/mol. The average Bonchev–Trinajstić information content (AvgIpc) is 2.75. The predicted molar refractivity (Wildman–Crippen MR) is 133 cm³/mol. The minimum Gasteiger partial charge on any atom is -0.480 e. The standard InChI is InChI=1S/C20H38N8O6S/c1-10(2)8-13(19(33)34)27-18(32)14(9-35)28-17(31)12(5-6-15(22)29)26-16(30)11(21)4-3-7-25-20(23)24/h10-14,35H,3-9,21H2,1-2H3,(H2,22,29)(H,26,30)(H,27,32)(H,28,31)(H,33,34)(H4,23,24,25). The Balaban J connectivity index is 5.24. The minimum atomic E-state index is -1.22. The molecule has 0 aliphatic carbocycles. The van der Waals surface area contributed by atoms with Gasteiger partial charge < -0.3 is 44.0 Å². The van der Waals surface area contributed by atoms with Crippen molar-refractivity contribution in [2.24, 2.45) is 33.8 Å². The van der Waals surface area contributed by atoms with E-state index in [1.165, 1.54) is 0 Å². The van der Waals surface area contributed by atoms with Crippen molar-refractivity contribution < 1.29 is 29.1 Å². The van der Waals surface area contributed by atoms with Gasteiger partial charge in [0, 0.05) is 18.7 Å². The van der Waals surface area contributed by atoms with Crippen LogP contribution in [0.1, 0.15) is 46.0 Å². The maximum absolute atomic E-state index is 12.8. The van der Waals surface area contributed by atoms with E-state index in [-0.39, 0.29) is 49.9 Å². The van der Waals surface area contributed by atoms with Crippen LogP contribution in [0.4, 0.5) is 0 Å². The second kappa shape index (κ2) is 16.5. The van der Waals surface area contributed by atoms with Crippen molar-refractivity contribution in [3.8, 4) is 0 Å². The SMILES string of the molecule is CC(C)CC(NC(=O)C(CS)NC(=O)C(CCC(N)=O)NC(=O)C(N)CCCN=C(N)N)C(=O)O. The van der Waals surface area contributed by atoms with Gasteiger partial charge in [-0.05, 0) is 31.6 Å². The molecule has 12 N–H and O–H groups in total. The van der Waals surface area contributed by atoms with Crippen LogP contribution in [0.3, 0.4) is 0 Å². The summed E-state index contributed by atoms with van der Waals surface area (Å²) in [7, 11) is 0. The fourth-order valence-electron chi connectivity index (χ4n) is 2.92. The van der Waals surface area contributed by atoms with E-state index < -0.39 is 53.8 Å². The molecule has 35 heavy (non-hydrogen) atoms. The molecule has 0 bridgehead atoms. The number of amides is 4. The van der Waals surface area contributed by atoms with Crippen molar-refractivity contribution in [3.05, 3.63) is 0 Å². The average molecular weight is 519 g/mol. The number of primary amides is 1. The molecule has 15 heteroatoms. The molecule has 0 saturated carbocycles. The second-order valence-electron chi connectivity index (χ2n) is 8.39. The van der Waals surface area contributed by atoms with Crippen LogP contribution >= 0.6 is 12.6 Å². The number of rotatable bonds is 17. The lowest BCUT2D eigenvalue weighted by atomic mass is 10.0. The number of carboxylic acid groups (broad SMARTS) is 1. The molecular weight excluding hydrogens is 480 g/mol. The number of thiol groups is 1. The molecule has 0 radical (unpaired) electrons. The van der Waals surface area contributed by atoms with E-state index in [4.69, 9.17) is 22.9 Å². The van der Waals surface area contributed by atoms with Gasteiger partial charge in [-0.1, -0.05) is 13.8 Å². The van der Waals surface area contributed by atoms with Crippen molar-refractivity contribution in [3.63, 3.8) is 0 Å². The molecule has 4 atom stereocenters. The Morgan fingerprint density at radius 1 is 0.886 bits per heavy atom. The lowest BCUT2D eigenvalue weighted by molar-refractivity contribution is -0.142. The number of guanidine groups is 1. The quantitative estimate of drug-likeness (QED) is 0.0414. The summed E-state index contributed by atoms with van der Waals surface area (Å²) in [4.78, 5) is 64.3. The summed E-state index contributed by atoms with van der Waals surface area (Å²) in [6.07, 6.45) is 0.464. The highest BCUT2D eigenvalue weighted by Gasteiger charge is 2.30. The lowest BCUT2D eigenvalue weighted by Crippen LogP contribution is -2.57. The molecule has 4 amide bonds. The Kier molecular flexibility index (Phi) is 15.1. The van der Waals surface area contributed by atoms with E-state index in [1.54, 1.807) is 13.8 Å². The smallest absolute Gasteiger partial charge is 0.326 e. The van der Waals surface area contributed by atoms with Gasteiger partial charge in [-0.2, -0.15) is 12.6 Å². The summed E-state index contributed by atoms with van der Waals surface area (Å²) in [5.41, 5.74) is 21.5. The molecule has 0 aliphatic heterocycles. The van der Waals surface area contributed by atoms with Crippen molar-refractivity contribution in [1.82, 2.24) is 16.0 Å². The molecule has 200 valence electrons. The van der Waals surface area contributed by atoms with E-state index in [0.717, 1.165) is 0 Å². The van der Waals surface area contributed by atoms with Crippen LogP contribution < -0.4 is 38.9 Å². The van der Waals surface area contributed by atoms with E-state index in [2.05, 4.69) is 33.6 Å². The van der Waals surface area contributed by atoms with E-state index in [1.807, 2.05) is 0 Å². The number of aliphatic imine (C=N–C) groups is 1. The van der Waals surface area contributed by atoms with Crippen LogP contribution in [0.25, 0.3) is 0 Å². The van der Waals surface area contributed by atoms with Gasteiger partial charge in [0.05, 0.1) is 6.04 Å². The first kappa shape index (κ1) is 31.9. The highest BCUT2D eigenvalue weighted by molar-refractivity contribution is 7.80. The summed E-state index contributed by atoms with van der Waals surface area (Å²) < 4.78 is 0. The molecule has 0 fully saturated rings. The van der Waals surface area contributed by atoms with Crippen LogP contribution in [0, 0.1) is 5.92 Å². The van der Waals surface area contributed by atoms with Gasteiger partial charge in [-0.15, -0.1) is 0 Å². The Labute approximate surface area is 209 Å². The van der Waals surface area contributed by atoms with E-state index in [0.29, 0.717) is 6.42 Å². The molecule has 0 aromatic rings. The number of hydrogen-bond acceptors (Lipinski definition) is 8. The fourth-order valence-corrected chi connectivity index (χ4v) is 3.17. The van der Waals surface area contributed by atoms with E-state index in [9.17, 15) is 29.1 Å². The number of carbonyl (C=O) groups is 5. The molecule has 0 aromatic carbocycles. The van der Waals surface area contributed by atoms with Gasteiger partial charge in [0.25, 0.3) is 0 Å². The normalized spacial score (nSPS) is 14.2. The first-order valence-corrected chi connectivity index (χ1v) is 11.8. The van der Waals surface area contributed by atoms with Crippen molar-refractivity contribution in [2.75, 3.05) is 12.3 Å². The zero-order chi connectivity index (χ0) is 27.1. The van der Waals surface area contributed by atoms with Crippen LogP contribution in [0.5, 0.6) is 0 Å². The van der Waals surface area contributed by atoms with Crippen LogP contribution in [0.15, 0.2) is 4.99 Å². The molecule has 0 saturated heterocycles. The summed E-state index contributed by atoms with van der Waals surface area (Å²) in [5.74, 6) is -4.34. The molecular formula is C20H38N8O6S. The number of nitrogens with two attached hydrogens (primary N) is 4. The largest absolute Gasteiger partial charge is 0.480 e. The maximum atomic E-state index is 12.8. The number of aliphatic carboxylic acids is 1. The third-order valence-electron chi connectivity index (χ3n) is 4.75. The molecule has 0 aromatic heterocycles. The molecule has 0 rings (SSSR count). The minimum absolute atomic E-state index is 0.00231. The van der Waals surface area contributed by atoms with Gasteiger partial charge in [-0.25, -0.2) is 4.79 Å². The first-order valence-electron chi connectivity index (χ1n) is 11.1. The Hall–Kier alpha value is -3.07. The van der Waals surface area contributed by atoms with Gasteiger partial charge in [0.15, 0.2) is 5.96 Å². The van der Waals surface area contributed by atoms with Crippen LogP contribution in [0.2, 0.25) is 0 Å². The highest BCUT2D eigenvalue weighted by Crippen LogP contribution is 2.06. The first-order chi connectivity index (χ1) is 16.3. The number of carboxylic acids is 1. The lowest BCUT2D eigenvalue weighted by Gasteiger charge is -2.24. The third-order valence-corrected chi connectivity index (χ3v) is 5.12. The van der Waals surface area contributed by atoms with Crippen LogP contribution in [-0.4, -0.2) is 77.1 Å². The second-order valence-corrected chi connectivity index (χ2v) is 8.76. The van der Waals surface area contributed by atoms with Crippen LogP contribution in [-0.2, 0) is 24.0 Å². The zero-order valence-corrected chi connectivity index (χ0v) is 20.9. The molecule has 0 aliphatic rings. The topological polar surface area (TPSA) is 258 Å². The Morgan fingerprint density at radius 3 is 1.91 bits per heavy atom. The van der Waals surface area contributed by atoms with Gasteiger partial charge in [0.2, 0.25) is 23.6 Å². The number of nitrogens with zero attached hydrogens (tertiary/aromatic N) is 1. The van der Waals surface area contributed by atoms with Crippen molar-refractivity contribution in [1.29, 1.82) is 0 Å². The number of nitrogens with one attached hydrogen (secondary N) is 3. The zero-order valence-electron chi connectivity index (χ0n) is 20.0. The molecule has 0 heterocycles. The Bertz CT molecular complexity index is 775. The summed E-state index contributed by atoms with van der Waals surface area (Å²) in [5, 5.41) is 16.6. The molecule has 0 spiro atoms. The molecule has 14 nitrogen and oxygen atoms in total. The summed E-state index contributed by atoms with van der Waals surface area (Å²) in [6, 6.07) is -4.55. The van der Waals surface area contributed by atoms with Crippen molar-refractivity contribution >= 4 is 48.2 Å². The summed E-state index contributed by atoms with van der Waals surface area (Å²) in [6.45, 7) is 3.87. The maximum Gasteiger partial charge on any atom is 0.326 e. The predicted octanol–water partition coefficient (Wildman–Crippen LogP) is -2.85. The third kappa shape index (κ3) is 14.0. The summed E-state index contributed by atoms with van der Waals surface area (Å²) >= 11 is 4.06. The number of carbonyl (C=O) groups excluding carboxylic acids is 4. The van der Waals surface area contributed by atoms with Gasteiger partial charge >= 0.3 is 5.97 Å². The van der Waals surface area contributed by atoms with Crippen molar-refractivity contribution in [2.45, 2.75) is 70.1 Å². The highest BCUT2D eigenvalue weighted by atomic mass is 32.1. The van der Waals surface area contributed by atoms with E-state index >= 15 is 0 Å². The van der Waals surface area contributed by atoms with Gasteiger partial charge in [-0.3, -0.25) is 24.2 Å². The number of hydrogen-bond donors (Lipinski definition) is 9. The van der Waals surface area contributed by atoms with Gasteiger partial charge in [0.1, 0.15) is 18.1 Å². The fraction of sp³-hybridized carbons (Fsp3) is 0.700.